The maximum absolute atomic E-state index is 14.0. The third-order valence-corrected chi connectivity index (χ3v) is 8.81. The number of hydrogen-bond acceptors (Lipinski definition) is 6. The quantitative estimate of drug-likeness (QED) is 0.448. The van der Waals surface area contributed by atoms with E-state index in [0.29, 0.717) is 26.2 Å². The molecule has 2 amide bonds. The molecule has 0 unspecified atom stereocenters. The largest absolute Gasteiger partial charge is 0.416 e. The minimum atomic E-state index is -4.79. The van der Waals surface area contributed by atoms with Crippen LogP contribution in [0, 0.1) is 0 Å². The van der Waals surface area contributed by atoms with Crippen LogP contribution >= 0.6 is 23.2 Å². The second kappa shape index (κ2) is 12.9. The van der Waals surface area contributed by atoms with E-state index in [-0.39, 0.29) is 69.3 Å². The average molecular weight is 609 g/mol. The van der Waals surface area contributed by atoms with Crippen molar-refractivity contribution in [3.63, 3.8) is 0 Å². The molecule has 214 valence electrons. The number of alkyl halides is 3. The number of halogens is 5. The van der Waals surface area contributed by atoms with Crippen LogP contribution in [0.25, 0.3) is 0 Å². The van der Waals surface area contributed by atoms with Crippen molar-refractivity contribution in [1.29, 1.82) is 0 Å². The smallest absolute Gasteiger partial charge is 0.348 e. The molecule has 0 radical (unpaired) electrons. The molecule has 2 aromatic carbocycles. The number of sulfone groups is 1. The van der Waals surface area contributed by atoms with E-state index in [2.05, 4.69) is 5.32 Å². The molecule has 39 heavy (non-hydrogen) atoms. The zero-order valence-corrected chi connectivity index (χ0v) is 23.5. The first-order chi connectivity index (χ1) is 18.3. The number of carbonyl (C=O) groups is 2. The lowest BCUT2D eigenvalue weighted by Gasteiger charge is -2.35. The molecule has 3 N–H and O–H groups in total. The molecule has 1 aliphatic heterocycles. The summed E-state index contributed by atoms with van der Waals surface area (Å²) in [7, 11) is -3.63. The lowest BCUT2D eigenvalue weighted by molar-refractivity contribution is -0.138. The van der Waals surface area contributed by atoms with Crippen molar-refractivity contribution in [3.05, 3.63) is 62.6 Å². The molecule has 2 aromatic rings. The predicted octanol–water partition coefficient (Wildman–Crippen LogP) is 3.73. The van der Waals surface area contributed by atoms with Gasteiger partial charge in [-0.1, -0.05) is 30.1 Å². The Labute approximate surface area is 235 Å². The van der Waals surface area contributed by atoms with Gasteiger partial charge in [0.15, 0.2) is 9.84 Å². The molecular formula is C25H29Cl2F3N4O4S. The van der Waals surface area contributed by atoms with Gasteiger partial charge in [0.2, 0.25) is 5.91 Å². The van der Waals surface area contributed by atoms with E-state index in [9.17, 15) is 31.2 Å². The molecular weight excluding hydrogens is 580 g/mol. The van der Waals surface area contributed by atoms with E-state index >= 15 is 0 Å². The highest BCUT2D eigenvalue weighted by molar-refractivity contribution is 7.91. The van der Waals surface area contributed by atoms with Gasteiger partial charge in [-0.3, -0.25) is 14.5 Å². The van der Waals surface area contributed by atoms with Crippen molar-refractivity contribution in [3.8, 4) is 0 Å². The molecule has 14 heteroatoms. The molecule has 8 nitrogen and oxygen atoms in total. The Balaban J connectivity index is 1.80. The first kappa shape index (κ1) is 31.2. The van der Waals surface area contributed by atoms with Crippen LogP contribution in [0.2, 0.25) is 10.0 Å². The van der Waals surface area contributed by atoms with Gasteiger partial charge in [0.1, 0.15) is 0 Å². The number of carbonyl (C=O) groups excluding carboxylic acids is 2. The van der Waals surface area contributed by atoms with Crippen molar-refractivity contribution < 1.29 is 31.2 Å². The molecule has 0 atom stereocenters. The Kier molecular flexibility index (Phi) is 10.3. The van der Waals surface area contributed by atoms with E-state index in [1.54, 1.807) is 9.80 Å². The Morgan fingerprint density at radius 2 is 1.74 bits per heavy atom. The lowest BCUT2D eigenvalue weighted by Crippen LogP contribution is -2.48. The Bertz CT molecular complexity index is 1330. The molecule has 0 spiro atoms. The molecule has 1 saturated heterocycles. The van der Waals surface area contributed by atoms with E-state index in [4.69, 9.17) is 28.9 Å². The van der Waals surface area contributed by atoms with Gasteiger partial charge in [-0.2, -0.15) is 13.2 Å². The van der Waals surface area contributed by atoms with E-state index in [0.717, 1.165) is 12.1 Å². The summed E-state index contributed by atoms with van der Waals surface area (Å²) >= 11 is 12.3. The highest BCUT2D eigenvalue weighted by Gasteiger charge is 2.36. The summed E-state index contributed by atoms with van der Waals surface area (Å²) in [6, 6.07) is 6.00. The fraction of sp³-hybridized carbons (Fsp3) is 0.440. The van der Waals surface area contributed by atoms with E-state index in [1.807, 2.05) is 0 Å². The van der Waals surface area contributed by atoms with Gasteiger partial charge >= 0.3 is 6.18 Å². The van der Waals surface area contributed by atoms with Crippen molar-refractivity contribution in [2.75, 3.05) is 38.5 Å². The molecule has 1 fully saturated rings. The fourth-order valence-corrected chi connectivity index (χ4v) is 5.86. The summed E-state index contributed by atoms with van der Waals surface area (Å²) < 4.78 is 66.9. The predicted molar refractivity (Wildman–Crippen MR) is 142 cm³/mol. The molecule has 1 aliphatic rings. The van der Waals surface area contributed by atoms with Gasteiger partial charge in [0.25, 0.3) is 5.91 Å². The number of nitrogens with two attached hydrogens (primary N) is 1. The van der Waals surface area contributed by atoms with Crippen molar-refractivity contribution >= 4 is 44.9 Å². The first-order valence-corrected chi connectivity index (χ1v) is 14.6. The van der Waals surface area contributed by atoms with Crippen LogP contribution in [-0.2, 0) is 33.9 Å². The summed E-state index contributed by atoms with van der Waals surface area (Å²) in [4.78, 5) is 28.2. The van der Waals surface area contributed by atoms with Gasteiger partial charge in [-0.25, -0.2) is 8.42 Å². The highest BCUT2D eigenvalue weighted by Crippen LogP contribution is 2.37. The number of hydrogen-bond donors (Lipinski definition) is 2. The molecule has 0 bridgehead atoms. The van der Waals surface area contributed by atoms with Crippen LogP contribution in [0.15, 0.2) is 35.2 Å². The number of amides is 2. The number of piperazine rings is 1. The molecule has 0 aliphatic carbocycles. The fourth-order valence-electron chi connectivity index (χ4n) is 4.26. The van der Waals surface area contributed by atoms with Gasteiger partial charge in [0, 0.05) is 67.8 Å². The van der Waals surface area contributed by atoms with Crippen LogP contribution in [-0.4, -0.2) is 68.5 Å². The summed E-state index contributed by atoms with van der Waals surface area (Å²) in [5.74, 6) is -1.14. The second-order valence-electron chi connectivity index (χ2n) is 9.02. The summed E-state index contributed by atoms with van der Waals surface area (Å²) in [5.41, 5.74) is 4.09. The minimum absolute atomic E-state index is 0.0242. The van der Waals surface area contributed by atoms with Crippen molar-refractivity contribution in [2.45, 2.75) is 37.5 Å². The molecule has 3 rings (SSSR count). The van der Waals surface area contributed by atoms with Crippen LogP contribution < -0.4 is 11.1 Å². The van der Waals surface area contributed by atoms with Crippen LogP contribution in [0.5, 0.6) is 0 Å². The number of rotatable bonds is 9. The van der Waals surface area contributed by atoms with Gasteiger partial charge in [-0.05, 0) is 41.5 Å². The maximum atomic E-state index is 14.0. The van der Waals surface area contributed by atoms with E-state index < -0.39 is 27.5 Å². The molecule has 1 heterocycles. The highest BCUT2D eigenvalue weighted by atomic mass is 35.5. The third kappa shape index (κ3) is 7.85. The monoisotopic (exact) mass is 608 g/mol. The second-order valence-corrected chi connectivity index (χ2v) is 12.1. The summed E-state index contributed by atoms with van der Waals surface area (Å²) in [5, 5.41) is 2.48. The van der Waals surface area contributed by atoms with Gasteiger partial charge in [-0.15, -0.1) is 0 Å². The number of nitrogens with zero attached hydrogens (tertiary/aromatic N) is 2. The van der Waals surface area contributed by atoms with Crippen LogP contribution in [0.4, 0.5) is 13.2 Å². The zero-order chi connectivity index (χ0) is 29.0. The van der Waals surface area contributed by atoms with Crippen molar-refractivity contribution in [2.24, 2.45) is 5.73 Å². The minimum Gasteiger partial charge on any atom is -0.348 e. The Morgan fingerprint density at radius 1 is 1.08 bits per heavy atom. The first-order valence-electron chi connectivity index (χ1n) is 12.2. The van der Waals surface area contributed by atoms with E-state index in [1.165, 1.54) is 25.1 Å². The van der Waals surface area contributed by atoms with Gasteiger partial charge in [0.05, 0.1) is 16.2 Å². The van der Waals surface area contributed by atoms with Gasteiger partial charge < -0.3 is 16.0 Å². The zero-order valence-electron chi connectivity index (χ0n) is 21.2. The number of nitrogens with one attached hydrogen (secondary N) is 1. The average Bonchev–Trinajstić information content (AvgIpc) is 2.88. The topological polar surface area (TPSA) is 113 Å². The maximum Gasteiger partial charge on any atom is 0.416 e. The lowest BCUT2D eigenvalue weighted by atomic mass is 10.0. The normalized spacial score (nSPS) is 14.9. The molecule has 0 aromatic heterocycles. The summed E-state index contributed by atoms with van der Waals surface area (Å²) in [6.45, 7) is 2.73. The van der Waals surface area contributed by atoms with Crippen molar-refractivity contribution in [1.82, 2.24) is 15.1 Å². The number of benzene rings is 2. The van der Waals surface area contributed by atoms with Crippen LogP contribution in [0.1, 0.15) is 40.4 Å². The SMILES string of the molecule is CCS(=O)(=O)c1ccc(Cl)cc1CNC(=O)c1cc(Cl)c(CN2CCN(C(=O)CCN)CC2)c(C(F)(F)F)c1. The van der Waals surface area contributed by atoms with Crippen LogP contribution in [0.3, 0.4) is 0 Å². The Morgan fingerprint density at radius 3 is 2.33 bits per heavy atom. The third-order valence-electron chi connectivity index (χ3n) is 6.41. The standard InChI is InChI=1S/C25H29Cl2F3N4O4S/c1-2-39(37,38)22-4-3-18(26)11-17(22)14-32-24(36)16-12-20(25(28,29)30)19(21(27)13-16)15-33-7-9-34(10-8-33)23(35)5-6-31/h3-4,11-13H,2,5-10,14-15,31H2,1H3,(H,32,36). The summed E-state index contributed by atoms with van der Waals surface area (Å²) in [6.07, 6.45) is -4.58. The molecule has 0 saturated carbocycles. The Hall–Kier alpha value is -2.38.